The molecule has 1 heterocycles. The summed E-state index contributed by atoms with van der Waals surface area (Å²) in [5, 5.41) is 10.0. The third-order valence-electron chi connectivity index (χ3n) is 3.52. The molecule has 0 amide bonds. The summed E-state index contributed by atoms with van der Waals surface area (Å²) in [6, 6.07) is 11.1. The molecule has 4 heteroatoms. The number of carbonyl (C=O) groups excluding carboxylic acids is 2. The topological polar surface area (TPSA) is 67.5 Å². The van der Waals surface area contributed by atoms with Gasteiger partial charge in [-0.15, -0.1) is 0 Å². The number of phenols is 1. The fraction of sp³-hybridized carbons (Fsp3) is 0. The molecule has 0 unspecified atom stereocenters. The third kappa shape index (κ3) is 1.25. The number of carbonyl (C=O) groups is 2. The Morgan fingerprint density at radius 2 is 1.60 bits per heavy atom. The molecule has 0 atom stereocenters. The van der Waals surface area contributed by atoms with Crippen LogP contribution in [0.2, 0.25) is 0 Å². The monoisotopic (exact) mass is 264 g/mol. The molecule has 0 fully saturated rings. The minimum Gasteiger partial charge on any atom is -0.508 e. The molecule has 96 valence electrons. The second kappa shape index (κ2) is 3.57. The molecule has 0 radical (unpaired) electrons. The summed E-state index contributed by atoms with van der Waals surface area (Å²) in [4.78, 5) is 24.9. The van der Waals surface area contributed by atoms with Crippen molar-refractivity contribution in [3.63, 3.8) is 0 Å². The van der Waals surface area contributed by atoms with Crippen molar-refractivity contribution in [1.29, 1.82) is 0 Å². The molecule has 0 saturated carbocycles. The summed E-state index contributed by atoms with van der Waals surface area (Å²) < 4.78 is 5.48. The molecular formula is C16H8O4. The van der Waals surface area contributed by atoms with Gasteiger partial charge in [-0.05, 0) is 12.1 Å². The SMILES string of the molecule is O=C1c2ccccc2C(=O)c2c1oc1cc(O)ccc21. The van der Waals surface area contributed by atoms with E-state index in [1.807, 2.05) is 0 Å². The van der Waals surface area contributed by atoms with E-state index >= 15 is 0 Å². The Bertz CT molecular complexity index is 902. The number of fused-ring (bicyclic) bond motifs is 4. The Morgan fingerprint density at radius 1 is 0.900 bits per heavy atom. The number of furan rings is 1. The summed E-state index contributed by atoms with van der Waals surface area (Å²) in [6.07, 6.45) is 0. The van der Waals surface area contributed by atoms with E-state index in [0.717, 1.165) is 0 Å². The molecule has 3 aromatic rings. The highest BCUT2D eigenvalue weighted by Crippen LogP contribution is 2.35. The van der Waals surface area contributed by atoms with Gasteiger partial charge in [0.25, 0.3) is 0 Å². The number of benzene rings is 2. The first-order valence-corrected chi connectivity index (χ1v) is 6.11. The molecule has 1 N–H and O–H groups in total. The summed E-state index contributed by atoms with van der Waals surface area (Å²) in [7, 11) is 0. The summed E-state index contributed by atoms with van der Waals surface area (Å²) in [5.41, 5.74) is 1.36. The molecule has 4 rings (SSSR count). The van der Waals surface area contributed by atoms with Crippen molar-refractivity contribution in [2.45, 2.75) is 0 Å². The van der Waals surface area contributed by atoms with Crippen LogP contribution in [0.15, 0.2) is 46.9 Å². The van der Waals surface area contributed by atoms with Crippen molar-refractivity contribution in [3.8, 4) is 5.75 Å². The lowest BCUT2D eigenvalue weighted by atomic mass is 9.87. The summed E-state index contributed by atoms with van der Waals surface area (Å²) in [5.74, 6) is -0.444. The minimum atomic E-state index is -0.300. The van der Waals surface area contributed by atoms with Gasteiger partial charge in [0, 0.05) is 22.6 Å². The van der Waals surface area contributed by atoms with E-state index in [0.29, 0.717) is 22.1 Å². The standard InChI is InChI=1S/C16H8O4/c17-8-5-6-11-12(7-8)20-16-13(11)14(18)9-3-1-2-4-10(9)15(16)19/h1-7,17H. The normalized spacial score (nSPS) is 13.4. The number of hydrogen-bond acceptors (Lipinski definition) is 4. The summed E-state index contributed by atoms with van der Waals surface area (Å²) >= 11 is 0. The van der Waals surface area contributed by atoms with Crippen LogP contribution in [-0.4, -0.2) is 16.7 Å². The van der Waals surface area contributed by atoms with Gasteiger partial charge in [-0.2, -0.15) is 0 Å². The van der Waals surface area contributed by atoms with Gasteiger partial charge in [-0.1, -0.05) is 24.3 Å². The molecule has 0 bridgehead atoms. The quantitative estimate of drug-likeness (QED) is 0.530. The van der Waals surface area contributed by atoms with Crippen LogP contribution in [0.1, 0.15) is 32.0 Å². The van der Waals surface area contributed by atoms with Crippen LogP contribution in [0.3, 0.4) is 0 Å². The zero-order valence-electron chi connectivity index (χ0n) is 10.2. The maximum atomic E-state index is 12.5. The van der Waals surface area contributed by atoms with Crippen LogP contribution in [0.4, 0.5) is 0 Å². The number of rotatable bonds is 0. The van der Waals surface area contributed by atoms with Crippen LogP contribution < -0.4 is 0 Å². The van der Waals surface area contributed by atoms with Crippen molar-refractivity contribution in [2.75, 3.05) is 0 Å². The predicted molar refractivity (Wildman–Crippen MR) is 71.2 cm³/mol. The van der Waals surface area contributed by atoms with Crippen molar-refractivity contribution in [2.24, 2.45) is 0 Å². The lowest BCUT2D eigenvalue weighted by Crippen LogP contribution is -2.19. The fourth-order valence-corrected chi connectivity index (χ4v) is 2.61. The Kier molecular flexibility index (Phi) is 1.96. The second-order valence-electron chi connectivity index (χ2n) is 4.69. The van der Waals surface area contributed by atoms with Gasteiger partial charge in [-0.25, -0.2) is 0 Å². The average Bonchev–Trinajstić information content (AvgIpc) is 2.83. The van der Waals surface area contributed by atoms with Crippen LogP contribution in [-0.2, 0) is 0 Å². The molecule has 1 aromatic heterocycles. The molecular weight excluding hydrogens is 256 g/mol. The first-order valence-electron chi connectivity index (χ1n) is 6.11. The number of phenolic OH excluding ortho intramolecular Hbond substituents is 1. The van der Waals surface area contributed by atoms with Crippen molar-refractivity contribution < 1.29 is 19.1 Å². The van der Waals surface area contributed by atoms with Gasteiger partial charge in [0.15, 0.2) is 11.5 Å². The van der Waals surface area contributed by atoms with Crippen molar-refractivity contribution in [1.82, 2.24) is 0 Å². The molecule has 2 aromatic carbocycles. The maximum Gasteiger partial charge on any atom is 0.229 e. The number of hydrogen-bond donors (Lipinski definition) is 1. The van der Waals surface area contributed by atoms with E-state index in [1.54, 1.807) is 30.3 Å². The van der Waals surface area contributed by atoms with E-state index in [-0.39, 0.29) is 28.6 Å². The fourth-order valence-electron chi connectivity index (χ4n) is 2.61. The van der Waals surface area contributed by atoms with Gasteiger partial charge in [-0.3, -0.25) is 9.59 Å². The van der Waals surface area contributed by atoms with Crippen LogP contribution in [0.25, 0.3) is 11.0 Å². The first kappa shape index (κ1) is 11.0. The maximum absolute atomic E-state index is 12.5. The summed E-state index contributed by atoms with van der Waals surface area (Å²) in [6.45, 7) is 0. The molecule has 0 saturated heterocycles. The van der Waals surface area contributed by atoms with Gasteiger partial charge in [0.1, 0.15) is 11.3 Å². The molecule has 1 aliphatic rings. The lowest BCUT2D eigenvalue weighted by Gasteiger charge is -2.12. The second-order valence-corrected chi connectivity index (χ2v) is 4.69. The zero-order valence-corrected chi connectivity index (χ0v) is 10.2. The Labute approximate surface area is 113 Å². The Morgan fingerprint density at radius 3 is 2.35 bits per heavy atom. The van der Waals surface area contributed by atoms with Crippen molar-refractivity contribution >= 4 is 22.5 Å². The largest absolute Gasteiger partial charge is 0.508 e. The van der Waals surface area contributed by atoms with E-state index in [9.17, 15) is 14.7 Å². The number of aromatic hydroxyl groups is 1. The van der Waals surface area contributed by atoms with E-state index in [1.165, 1.54) is 12.1 Å². The minimum absolute atomic E-state index is 0.0287. The molecule has 4 nitrogen and oxygen atoms in total. The van der Waals surface area contributed by atoms with E-state index in [4.69, 9.17) is 4.42 Å². The lowest BCUT2D eigenvalue weighted by molar-refractivity contribution is 0.0962. The average molecular weight is 264 g/mol. The first-order chi connectivity index (χ1) is 9.66. The van der Waals surface area contributed by atoms with E-state index in [2.05, 4.69) is 0 Å². The molecule has 0 spiro atoms. The predicted octanol–water partition coefficient (Wildman–Crippen LogP) is 2.91. The highest BCUT2D eigenvalue weighted by atomic mass is 16.3. The van der Waals surface area contributed by atoms with Gasteiger partial charge < -0.3 is 9.52 Å². The molecule has 20 heavy (non-hydrogen) atoms. The molecule has 0 aliphatic heterocycles. The van der Waals surface area contributed by atoms with Gasteiger partial charge in [0.05, 0.1) is 5.56 Å². The third-order valence-corrected chi connectivity index (χ3v) is 3.52. The van der Waals surface area contributed by atoms with E-state index < -0.39 is 0 Å². The van der Waals surface area contributed by atoms with Crippen LogP contribution in [0, 0.1) is 0 Å². The Hall–Kier alpha value is -2.88. The smallest absolute Gasteiger partial charge is 0.229 e. The highest BCUT2D eigenvalue weighted by Gasteiger charge is 2.34. The zero-order chi connectivity index (χ0) is 13.9. The number of ketones is 2. The molecule has 1 aliphatic carbocycles. The highest BCUT2D eigenvalue weighted by molar-refractivity contribution is 6.31. The van der Waals surface area contributed by atoms with Crippen molar-refractivity contribution in [3.05, 3.63) is 64.9 Å². The van der Waals surface area contributed by atoms with Crippen LogP contribution in [0.5, 0.6) is 5.75 Å². The van der Waals surface area contributed by atoms with Crippen LogP contribution >= 0.6 is 0 Å². The van der Waals surface area contributed by atoms with Gasteiger partial charge >= 0.3 is 0 Å². The Balaban J connectivity index is 2.11. The van der Waals surface area contributed by atoms with Gasteiger partial charge in [0.2, 0.25) is 5.78 Å².